The van der Waals surface area contributed by atoms with Crippen molar-refractivity contribution in [2.45, 2.75) is 48.1 Å². The van der Waals surface area contributed by atoms with Crippen LogP contribution in [0.1, 0.15) is 57.5 Å². The van der Waals surface area contributed by atoms with Crippen LogP contribution in [0.3, 0.4) is 0 Å². The minimum atomic E-state index is -0.0144. The van der Waals surface area contributed by atoms with E-state index < -0.39 is 0 Å². The van der Waals surface area contributed by atoms with Crippen molar-refractivity contribution in [1.29, 1.82) is 0 Å². The fourth-order valence-corrected chi connectivity index (χ4v) is 2.26. The summed E-state index contributed by atoms with van der Waals surface area (Å²) in [5.41, 5.74) is 2.14. The Morgan fingerprint density at radius 1 is 1.05 bits per heavy atom. The van der Waals surface area contributed by atoms with Gasteiger partial charge in [-0.3, -0.25) is 4.79 Å². The second kappa shape index (κ2) is 7.60. The van der Waals surface area contributed by atoms with Gasteiger partial charge in [-0.25, -0.2) is 0 Å². The molecule has 0 unspecified atom stereocenters. The van der Waals surface area contributed by atoms with Crippen LogP contribution in [0, 0.1) is 10.8 Å². The fourth-order valence-electron chi connectivity index (χ4n) is 1.87. The van der Waals surface area contributed by atoms with Crippen LogP contribution in [-0.2, 0) is 6.54 Å². The van der Waals surface area contributed by atoms with Crippen LogP contribution >= 0.6 is 15.9 Å². The van der Waals surface area contributed by atoms with Crippen molar-refractivity contribution >= 4 is 21.8 Å². The van der Waals surface area contributed by atoms with E-state index >= 15 is 0 Å². The third kappa shape index (κ3) is 7.41. The first kappa shape index (κ1) is 19.2. The first-order valence-electron chi connectivity index (χ1n) is 7.75. The van der Waals surface area contributed by atoms with Gasteiger partial charge in [0.1, 0.15) is 0 Å². The Morgan fingerprint density at radius 3 is 2.18 bits per heavy atom. The Bertz CT molecular complexity index is 513. The normalized spacial score (nSPS) is 12.3. The van der Waals surface area contributed by atoms with E-state index in [4.69, 9.17) is 0 Å². The summed E-state index contributed by atoms with van der Waals surface area (Å²) in [7, 11) is 0. The molecule has 0 aliphatic heterocycles. The molecule has 0 heterocycles. The van der Waals surface area contributed by atoms with Crippen molar-refractivity contribution in [3.63, 3.8) is 0 Å². The molecule has 0 aromatic heterocycles. The van der Waals surface area contributed by atoms with Crippen molar-refractivity contribution in [3.05, 3.63) is 33.8 Å². The van der Waals surface area contributed by atoms with Gasteiger partial charge >= 0.3 is 0 Å². The maximum absolute atomic E-state index is 12.2. The Labute approximate surface area is 143 Å². The molecular formula is C18H29BrN2O. The van der Waals surface area contributed by atoms with Crippen LogP contribution in [0.25, 0.3) is 0 Å². The molecule has 0 spiro atoms. The summed E-state index contributed by atoms with van der Waals surface area (Å²) >= 11 is 3.56. The van der Waals surface area contributed by atoms with Gasteiger partial charge in [-0.05, 0) is 34.6 Å². The fraction of sp³-hybridized carbons (Fsp3) is 0.611. The maximum Gasteiger partial charge on any atom is 0.251 e. The molecule has 0 atom stereocenters. The predicted octanol–water partition coefficient (Wildman–Crippen LogP) is 4.36. The molecule has 1 aromatic rings. The molecule has 0 fully saturated rings. The lowest BCUT2D eigenvalue weighted by molar-refractivity contribution is 0.0939. The quantitative estimate of drug-likeness (QED) is 0.810. The largest absolute Gasteiger partial charge is 0.352 e. The number of carbonyl (C=O) groups excluding carboxylic acids is 1. The van der Waals surface area contributed by atoms with E-state index in [2.05, 4.69) is 68.1 Å². The van der Waals surface area contributed by atoms with Gasteiger partial charge in [-0.1, -0.05) is 57.5 Å². The zero-order chi connectivity index (χ0) is 17.0. The van der Waals surface area contributed by atoms with Gasteiger partial charge in [0.15, 0.2) is 0 Å². The van der Waals surface area contributed by atoms with Crippen molar-refractivity contribution < 1.29 is 4.79 Å². The van der Waals surface area contributed by atoms with Crippen molar-refractivity contribution in [2.24, 2.45) is 10.8 Å². The molecule has 124 valence electrons. The SMILES string of the molecule is CC(C)(C)CNCc1cc(C(=O)NCC(C)(C)C)ccc1Br. The van der Waals surface area contributed by atoms with Crippen LogP contribution in [0.4, 0.5) is 0 Å². The smallest absolute Gasteiger partial charge is 0.251 e. The number of benzene rings is 1. The second-order valence-corrected chi connectivity index (χ2v) is 9.07. The molecule has 1 amide bonds. The van der Waals surface area contributed by atoms with Gasteiger partial charge in [0.25, 0.3) is 5.91 Å². The zero-order valence-electron chi connectivity index (χ0n) is 14.6. The van der Waals surface area contributed by atoms with Crippen molar-refractivity contribution in [2.75, 3.05) is 13.1 Å². The summed E-state index contributed by atoms with van der Waals surface area (Å²) in [5, 5.41) is 6.43. The van der Waals surface area contributed by atoms with E-state index in [9.17, 15) is 4.79 Å². The predicted molar refractivity (Wildman–Crippen MR) is 97.1 cm³/mol. The van der Waals surface area contributed by atoms with Crippen LogP contribution in [0.2, 0.25) is 0 Å². The minimum Gasteiger partial charge on any atom is -0.352 e. The molecule has 0 aliphatic rings. The lowest BCUT2D eigenvalue weighted by atomic mass is 9.96. The summed E-state index contributed by atoms with van der Waals surface area (Å²) < 4.78 is 1.03. The van der Waals surface area contributed by atoms with Crippen LogP contribution in [-0.4, -0.2) is 19.0 Å². The summed E-state index contributed by atoms with van der Waals surface area (Å²) in [6.45, 7) is 15.3. The summed E-state index contributed by atoms with van der Waals surface area (Å²) in [4.78, 5) is 12.2. The molecular weight excluding hydrogens is 340 g/mol. The monoisotopic (exact) mass is 368 g/mol. The van der Waals surface area contributed by atoms with Crippen LogP contribution < -0.4 is 10.6 Å². The highest BCUT2D eigenvalue weighted by Gasteiger charge is 2.14. The molecule has 3 nitrogen and oxygen atoms in total. The molecule has 1 aromatic carbocycles. The van der Waals surface area contributed by atoms with Gasteiger partial charge in [0, 0.05) is 29.7 Å². The Morgan fingerprint density at radius 2 is 1.64 bits per heavy atom. The second-order valence-electron chi connectivity index (χ2n) is 8.21. The molecule has 0 saturated heterocycles. The molecule has 4 heteroatoms. The number of hydrogen-bond acceptors (Lipinski definition) is 2. The van der Waals surface area contributed by atoms with Gasteiger partial charge in [0.05, 0.1) is 0 Å². The zero-order valence-corrected chi connectivity index (χ0v) is 16.2. The van der Waals surface area contributed by atoms with E-state index in [1.165, 1.54) is 0 Å². The van der Waals surface area contributed by atoms with E-state index in [1.807, 2.05) is 18.2 Å². The maximum atomic E-state index is 12.2. The van der Waals surface area contributed by atoms with E-state index in [1.54, 1.807) is 0 Å². The molecule has 0 saturated carbocycles. The van der Waals surface area contributed by atoms with Crippen LogP contribution in [0.15, 0.2) is 22.7 Å². The summed E-state index contributed by atoms with van der Waals surface area (Å²) in [5.74, 6) is -0.0144. The first-order chi connectivity index (χ1) is 9.98. The third-order valence-corrected chi connectivity index (χ3v) is 3.83. The highest BCUT2D eigenvalue weighted by molar-refractivity contribution is 9.10. The highest BCUT2D eigenvalue weighted by Crippen LogP contribution is 2.19. The Balaban J connectivity index is 2.70. The number of carbonyl (C=O) groups is 1. The minimum absolute atomic E-state index is 0.0144. The van der Waals surface area contributed by atoms with Crippen molar-refractivity contribution in [3.8, 4) is 0 Å². The summed E-state index contributed by atoms with van der Waals surface area (Å²) in [6, 6.07) is 5.76. The van der Waals surface area contributed by atoms with E-state index in [0.29, 0.717) is 12.1 Å². The van der Waals surface area contributed by atoms with Gasteiger partial charge in [0.2, 0.25) is 0 Å². The molecule has 2 N–H and O–H groups in total. The number of rotatable bonds is 5. The van der Waals surface area contributed by atoms with Crippen molar-refractivity contribution in [1.82, 2.24) is 10.6 Å². The molecule has 22 heavy (non-hydrogen) atoms. The lowest BCUT2D eigenvalue weighted by Gasteiger charge is -2.20. The average Bonchev–Trinajstić information content (AvgIpc) is 2.36. The van der Waals surface area contributed by atoms with Gasteiger partial charge in [-0.15, -0.1) is 0 Å². The topological polar surface area (TPSA) is 41.1 Å². The van der Waals surface area contributed by atoms with E-state index in [0.717, 1.165) is 23.1 Å². The number of nitrogens with one attached hydrogen (secondary N) is 2. The average molecular weight is 369 g/mol. The van der Waals surface area contributed by atoms with Crippen LogP contribution in [0.5, 0.6) is 0 Å². The Kier molecular flexibility index (Phi) is 6.63. The van der Waals surface area contributed by atoms with Gasteiger partial charge < -0.3 is 10.6 Å². The number of amides is 1. The number of hydrogen-bond donors (Lipinski definition) is 2. The third-order valence-electron chi connectivity index (χ3n) is 3.06. The highest BCUT2D eigenvalue weighted by atomic mass is 79.9. The van der Waals surface area contributed by atoms with Gasteiger partial charge in [-0.2, -0.15) is 0 Å². The molecule has 1 rings (SSSR count). The lowest BCUT2D eigenvalue weighted by Crippen LogP contribution is -2.32. The molecule has 0 bridgehead atoms. The molecule has 0 radical (unpaired) electrons. The Hall–Kier alpha value is -0.870. The molecule has 0 aliphatic carbocycles. The van der Waals surface area contributed by atoms with E-state index in [-0.39, 0.29) is 16.7 Å². The number of halogens is 1. The summed E-state index contributed by atoms with van der Waals surface area (Å²) in [6.07, 6.45) is 0. The first-order valence-corrected chi connectivity index (χ1v) is 8.55. The standard InChI is InChI=1S/C18H29BrN2O/c1-17(2,3)11-20-10-14-9-13(7-8-15(14)19)16(22)21-12-18(4,5)6/h7-9,20H,10-12H2,1-6H3,(H,21,22).